The third-order valence-corrected chi connectivity index (χ3v) is 4.50. The third-order valence-electron chi connectivity index (χ3n) is 3.69. The number of nitrogens with zero attached hydrogens (tertiary/aromatic N) is 3. The molecule has 0 unspecified atom stereocenters. The summed E-state index contributed by atoms with van der Waals surface area (Å²) >= 11 is 7.21. The van der Waals surface area contributed by atoms with Gasteiger partial charge in [0.1, 0.15) is 12.3 Å². The van der Waals surface area contributed by atoms with E-state index in [1.54, 1.807) is 18.3 Å². The Kier molecular flexibility index (Phi) is 5.25. The van der Waals surface area contributed by atoms with E-state index < -0.39 is 0 Å². The highest BCUT2D eigenvalue weighted by atomic mass is 35.5. The molecule has 1 amide bonds. The molecule has 120 valence electrons. The van der Waals surface area contributed by atoms with E-state index in [9.17, 15) is 4.79 Å². The average Bonchev–Trinajstić information content (AvgIpc) is 3.07. The molecule has 5 nitrogen and oxygen atoms in total. The van der Waals surface area contributed by atoms with Crippen LogP contribution in [0.25, 0.3) is 6.08 Å². The molecule has 0 aliphatic carbocycles. The van der Waals surface area contributed by atoms with Crippen LogP contribution < -0.4 is 4.74 Å². The molecule has 0 radical (unpaired) electrons. The monoisotopic (exact) mass is 349 g/mol. The molecular weight excluding hydrogens is 334 g/mol. The molecule has 1 aromatic carbocycles. The highest BCUT2D eigenvalue weighted by Crippen LogP contribution is 2.19. The van der Waals surface area contributed by atoms with Gasteiger partial charge in [-0.2, -0.15) is 4.37 Å². The van der Waals surface area contributed by atoms with Gasteiger partial charge in [-0.1, -0.05) is 29.8 Å². The van der Waals surface area contributed by atoms with E-state index in [1.807, 2.05) is 29.2 Å². The molecule has 0 saturated carbocycles. The number of halogens is 1. The number of carbonyl (C=O) groups excluding carboxylic acids is 1. The summed E-state index contributed by atoms with van der Waals surface area (Å²) < 4.78 is 13.7. The summed E-state index contributed by atoms with van der Waals surface area (Å²) in [6.45, 7) is 1.35. The maximum absolute atomic E-state index is 12.2. The standard InChI is InChI=1S/C16H16ClN3O2S/c17-14-4-2-1-3-12(14)5-6-16(21)20-9-7-13(8-10-20)22-15-11-18-23-19-15/h1-6,11,13H,7-10H2. The van der Waals surface area contributed by atoms with Crippen molar-refractivity contribution in [3.05, 3.63) is 47.1 Å². The maximum Gasteiger partial charge on any atom is 0.246 e. The summed E-state index contributed by atoms with van der Waals surface area (Å²) in [5.41, 5.74) is 0.844. The predicted octanol–water partition coefficient (Wildman–Crippen LogP) is 3.27. The first kappa shape index (κ1) is 16.0. The second kappa shape index (κ2) is 7.57. The van der Waals surface area contributed by atoms with Crippen LogP contribution in [0.5, 0.6) is 5.88 Å². The average molecular weight is 350 g/mol. The number of likely N-dealkylation sites (tertiary alicyclic amines) is 1. The molecule has 2 aromatic rings. The van der Waals surface area contributed by atoms with Gasteiger partial charge in [-0.05, 0) is 17.7 Å². The molecule has 3 rings (SSSR count). The lowest BCUT2D eigenvalue weighted by atomic mass is 10.1. The van der Waals surface area contributed by atoms with Crippen molar-refractivity contribution in [2.24, 2.45) is 0 Å². The van der Waals surface area contributed by atoms with E-state index >= 15 is 0 Å². The van der Waals surface area contributed by atoms with E-state index in [0.29, 0.717) is 24.0 Å². The van der Waals surface area contributed by atoms with Gasteiger partial charge in [0.2, 0.25) is 11.8 Å². The largest absolute Gasteiger partial charge is 0.472 e. The van der Waals surface area contributed by atoms with Crippen molar-refractivity contribution in [3.8, 4) is 5.88 Å². The molecule has 1 aromatic heterocycles. The molecule has 2 heterocycles. The van der Waals surface area contributed by atoms with Crippen LogP contribution in [0.15, 0.2) is 36.5 Å². The number of benzene rings is 1. The molecule has 23 heavy (non-hydrogen) atoms. The van der Waals surface area contributed by atoms with E-state index in [4.69, 9.17) is 16.3 Å². The van der Waals surface area contributed by atoms with E-state index in [2.05, 4.69) is 8.75 Å². The Labute approximate surface area is 143 Å². The van der Waals surface area contributed by atoms with Crippen molar-refractivity contribution >= 4 is 35.3 Å². The number of amides is 1. The summed E-state index contributed by atoms with van der Waals surface area (Å²) in [5, 5.41) is 0.639. The number of ether oxygens (including phenoxy) is 1. The molecule has 0 spiro atoms. The van der Waals surface area contributed by atoms with Gasteiger partial charge < -0.3 is 9.64 Å². The minimum absolute atomic E-state index is 0.00121. The van der Waals surface area contributed by atoms with Crippen molar-refractivity contribution in [1.82, 2.24) is 13.6 Å². The lowest BCUT2D eigenvalue weighted by molar-refractivity contribution is -0.127. The van der Waals surface area contributed by atoms with Gasteiger partial charge >= 0.3 is 0 Å². The van der Waals surface area contributed by atoms with Crippen molar-refractivity contribution in [1.29, 1.82) is 0 Å². The Hall–Kier alpha value is -1.92. The van der Waals surface area contributed by atoms with Crippen molar-refractivity contribution in [3.63, 3.8) is 0 Å². The first-order valence-electron chi connectivity index (χ1n) is 7.38. The van der Waals surface area contributed by atoms with Crippen molar-refractivity contribution < 1.29 is 9.53 Å². The first-order chi connectivity index (χ1) is 11.2. The number of rotatable bonds is 4. The number of hydrogen-bond acceptors (Lipinski definition) is 5. The second-order valence-electron chi connectivity index (χ2n) is 5.24. The van der Waals surface area contributed by atoms with Gasteiger partial charge in [0.05, 0.1) is 11.7 Å². The Morgan fingerprint density at radius 2 is 2.13 bits per heavy atom. The summed E-state index contributed by atoms with van der Waals surface area (Å²) in [7, 11) is 0. The van der Waals surface area contributed by atoms with Gasteiger partial charge in [-0.15, -0.1) is 4.37 Å². The van der Waals surface area contributed by atoms with Gasteiger partial charge in [0.15, 0.2) is 0 Å². The third kappa shape index (κ3) is 4.30. The fourth-order valence-electron chi connectivity index (χ4n) is 2.45. The quantitative estimate of drug-likeness (QED) is 0.795. The van der Waals surface area contributed by atoms with Crippen LogP contribution in [0, 0.1) is 0 Å². The molecule has 0 N–H and O–H groups in total. The van der Waals surface area contributed by atoms with Crippen LogP contribution in [0.2, 0.25) is 5.02 Å². The number of aromatic nitrogens is 2. The van der Waals surface area contributed by atoms with Gasteiger partial charge in [-0.3, -0.25) is 4.79 Å². The number of carbonyl (C=O) groups is 1. The Bertz CT molecular complexity index is 682. The second-order valence-corrected chi connectivity index (χ2v) is 6.21. The zero-order valence-electron chi connectivity index (χ0n) is 12.4. The SMILES string of the molecule is O=C(C=Cc1ccccc1Cl)N1CCC(Oc2cnsn2)CC1. The lowest BCUT2D eigenvalue weighted by Gasteiger charge is -2.30. The molecule has 7 heteroatoms. The molecular formula is C16H16ClN3O2S. The minimum Gasteiger partial charge on any atom is -0.472 e. The van der Waals surface area contributed by atoms with Crippen LogP contribution >= 0.6 is 23.3 Å². The van der Waals surface area contributed by atoms with Gasteiger partial charge in [0.25, 0.3) is 0 Å². The van der Waals surface area contributed by atoms with E-state index in [1.165, 1.54) is 0 Å². The summed E-state index contributed by atoms with van der Waals surface area (Å²) in [4.78, 5) is 14.1. The smallest absolute Gasteiger partial charge is 0.246 e. The predicted molar refractivity (Wildman–Crippen MR) is 90.6 cm³/mol. The molecule has 1 aliphatic heterocycles. The summed E-state index contributed by atoms with van der Waals surface area (Å²) in [6, 6.07) is 7.45. The van der Waals surface area contributed by atoms with Crippen molar-refractivity contribution in [2.75, 3.05) is 13.1 Å². The molecule has 0 bridgehead atoms. The highest BCUT2D eigenvalue weighted by molar-refractivity contribution is 6.99. The zero-order chi connectivity index (χ0) is 16.1. The Balaban J connectivity index is 1.51. The Morgan fingerprint density at radius 3 is 2.83 bits per heavy atom. The lowest BCUT2D eigenvalue weighted by Crippen LogP contribution is -2.41. The molecule has 1 saturated heterocycles. The maximum atomic E-state index is 12.2. The minimum atomic E-state index is -0.00121. The fourth-order valence-corrected chi connectivity index (χ4v) is 3.00. The number of piperidine rings is 1. The van der Waals surface area contributed by atoms with Gasteiger partial charge in [0, 0.05) is 37.0 Å². The highest BCUT2D eigenvalue weighted by Gasteiger charge is 2.23. The van der Waals surface area contributed by atoms with Crippen LogP contribution in [-0.2, 0) is 4.79 Å². The normalized spacial score (nSPS) is 16.0. The zero-order valence-corrected chi connectivity index (χ0v) is 14.0. The van der Waals surface area contributed by atoms with Crippen LogP contribution in [0.1, 0.15) is 18.4 Å². The van der Waals surface area contributed by atoms with E-state index in [-0.39, 0.29) is 12.0 Å². The van der Waals surface area contributed by atoms with Crippen LogP contribution in [0.3, 0.4) is 0 Å². The molecule has 0 atom stereocenters. The van der Waals surface area contributed by atoms with Crippen LogP contribution in [-0.4, -0.2) is 38.7 Å². The number of hydrogen-bond donors (Lipinski definition) is 0. The van der Waals surface area contributed by atoms with Crippen LogP contribution in [0.4, 0.5) is 0 Å². The first-order valence-corrected chi connectivity index (χ1v) is 8.49. The molecule has 1 aliphatic rings. The van der Waals surface area contributed by atoms with Gasteiger partial charge in [-0.25, -0.2) is 0 Å². The summed E-state index contributed by atoms with van der Waals surface area (Å²) in [5.74, 6) is 0.567. The van der Waals surface area contributed by atoms with Crippen molar-refractivity contribution in [2.45, 2.75) is 18.9 Å². The summed E-state index contributed by atoms with van der Waals surface area (Å²) in [6.07, 6.45) is 6.64. The molecule has 1 fully saturated rings. The topological polar surface area (TPSA) is 55.3 Å². The fraction of sp³-hybridized carbons (Fsp3) is 0.312. The Morgan fingerprint density at radius 1 is 1.35 bits per heavy atom. The van der Waals surface area contributed by atoms with E-state index in [0.717, 1.165) is 30.1 Å².